The summed E-state index contributed by atoms with van der Waals surface area (Å²) < 4.78 is 5.52. The number of hydrogen-bond donors (Lipinski definition) is 2. The molecule has 0 bridgehead atoms. The zero-order valence-corrected chi connectivity index (χ0v) is 10.4. The van der Waals surface area contributed by atoms with Gasteiger partial charge in [0.1, 0.15) is 0 Å². The van der Waals surface area contributed by atoms with E-state index in [2.05, 4.69) is 5.32 Å². The van der Waals surface area contributed by atoms with Gasteiger partial charge in [-0.05, 0) is 30.5 Å². The molecule has 0 aromatic heterocycles. The quantitative estimate of drug-likeness (QED) is 0.842. The number of benzene rings is 1. The Kier molecular flexibility index (Phi) is 4.40. The summed E-state index contributed by atoms with van der Waals surface area (Å²) in [4.78, 5) is 0. The zero-order valence-electron chi connectivity index (χ0n) is 10.4. The standard InChI is InChI=1S/C14H21NO2/c1-17-14-8-3-2-7-13(14)15-12-6-4-5-11(9-12)10-16/h4-6,9,13-16H,2-3,7-8,10H2,1H3. The third-order valence-electron chi connectivity index (χ3n) is 3.47. The lowest BCUT2D eigenvalue weighted by molar-refractivity contribution is 0.0606. The van der Waals surface area contributed by atoms with Crippen molar-refractivity contribution in [3.8, 4) is 0 Å². The Hall–Kier alpha value is -1.06. The first kappa shape index (κ1) is 12.4. The zero-order chi connectivity index (χ0) is 12.1. The average molecular weight is 235 g/mol. The highest BCUT2D eigenvalue weighted by atomic mass is 16.5. The lowest BCUT2D eigenvalue weighted by Crippen LogP contribution is -2.37. The number of rotatable bonds is 4. The Morgan fingerprint density at radius 2 is 2.18 bits per heavy atom. The molecule has 1 aliphatic carbocycles. The van der Waals surface area contributed by atoms with Crippen LogP contribution in [0.25, 0.3) is 0 Å². The summed E-state index contributed by atoms with van der Waals surface area (Å²) in [5, 5.41) is 12.6. The molecule has 0 radical (unpaired) electrons. The predicted molar refractivity (Wildman–Crippen MR) is 69.0 cm³/mol. The number of methoxy groups -OCH3 is 1. The van der Waals surface area contributed by atoms with Gasteiger partial charge in [-0.2, -0.15) is 0 Å². The minimum atomic E-state index is 0.0912. The maximum atomic E-state index is 9.11. The minimum Gasteiger partial charge on any atom is -0.392 e. The van der Waals surface area contributed by atoms with Crippen LogP contribution in [0.1, 0.15) is 31.2 Å². The number of hydrogen-bond acceptors (Lipinski definition) is 3. The molecule has 0 spiro atoms. The SMILES string of the molecule is COC1CCCCC1Nc1cccc(CO)c1. The molecule has 3 nitrogen and oxygen atoms in total. The third-order valence-corrected chi connectivity index (χ3v) is 3.47. The molecule has 0 aliphatic heterocycles. The first-order valence-corrected chi connectivity index (χ1v) is 6.32. The highest BCUT2D eigenvalue weighted by Crippen LogP contribution is 2.24. The molecule has 2 rings (SSSR count). The summed E-state index contributed by atoms with van der Waals surface area (Å²) in [5.41, 5.74) is 2.02. The molecular formula is C14H21NO2. The van der Waals surface area contributed by atoms with E-state index in [0.29, 0.717) is 12.1 Å². The second kappa shape index (κ2) is 6.03. The Balaban J connectivity index is 2.02. The highest BCUT2D eigenvalue weighted by Gasteiger charge is 2.24. The molecule has 2 N–H and O–H groups in total. The van der Waals surface area contributed by atoms with Gasteiger partial charge in [-0.15, -0.1) is 0 Å². The Bertz CT molecular complexity index is 354. The Morgan fingerprint density at radius 1 is 1.35 bits per heavy atom. The number of aliphatic hydroxyl groups is 1. The van der Waals surface area contributed by atoms with Gasteiger partial charge >= 0.3 is 0 Å². The van der Waals surface area contributed by atoms with Gasteiger partial charge in [-0.25, -0.2) is 0 Å². The number of ether oxygens (including phenoxy) is 1. The molecule has 0 saturated heterocycles. The van der Waals surface area contributed by atoms with Gasteiger partial charge in [0.05, 0.1) is 18.8 Å². The van der Waals surface area contributed by atoms with Crippen molar-refractivity contribution in [1.29, 1.82) is 0 Å². The summed E-state index contributed by atoms with van der Waals surface area (Å²) in [5.74, 6) is 0. The fraction of sp³-hybridized carbons (Fsp3) is 0.571. The molecule has 1 aromatic rings. The van der Waals surface area contributed by atoms with Crippen LogP contribution in [0, 0.1) is 0 Å². The number of nitrogens with one attached hydrogen (secondary N) is 1. The van der Waals surface area contributed by atoms with Crippen LogP contribution in [-0.2, 0) is 11.3 Å². The van der Waals surface area contributed by atoms with Crippen LogP contribution in [0.5, 0.6) is 0 Å². The molecule has 2 unspecified atom stereocenters. The van der Waals surface area contributed by atoms with Crippen LogP contribution < -0.4 is 5.32 Å². The summed E-state index contributed by atoms with van der Waals surface area (Å²) in [6.07, 6.45) is 5.11. The predicted octanol–water partition coefficient (Wildman–Crippen LogP) is 2.55. The fourth-order valence-electron chi connectivity index (χ4n) is 2.52. The second-order valence-electron chi connectivity index (χ2n) is 4.67. The Morgan fingerprint density at radius 3 is 2.94 bits per heavy atom. The topological polar surface area (TPSA) is 41.5 Å². The van der Waals surface area contributed by atoms with Crippen molar-refractivity contribution >= 4 is 5.69 Å². The largest absolute Gasteiger partial charge is 0.392 e. The monoisotopic (exact) mass is 235 g/mol. The van der Waals surface area contributed by atoms with Crippen LogP contribution in [-0.4, -0.2) is 24.4 Å². The van der Waals surface area contributed by atoms with E-state index in [-0.39, 0.29) is 6.61 Å². The molecule has 1 aliphatic rings. The Labute approximate surface area is 103 Å². The summed E-state index contributed by atoms with van der Waals surface area (Å²) in [7, 11) is 1.79. The van der Waals surface area contributed by atoms with Crippen molar-refractivity contribution in [2.45, 2.75) is 44.4 Å². The van der Waals surface area contributed by atoms with Gasteiger partial charge in [-0.3, -0.25) is 0 Å². The maximum Gasteiger partial charge on any atom is 0.0772 e. The van der Waals surface area contributed by atoms with Gasteiger partial charge in [-0.1, -0.05) is 25.0 Å². The highest BCUT2D eigenvalue weighted by molar-refractivity contribution is 5.46. The van der Waals surface area contributed by atoms with E-state index in [1.165, 1.54) is 12.8 Å². The van der Waals surface area contributed by atoms with Gasteiger partial charge < -0.3 is 15.2 Å². The van der Waals surface area contributed by atoms with Crippen molar-refractivity contribution in [3.63, 3.8) is 0 Å². The van der Waals surface area contributed by atoms with Crippen LogP contribution in [0.4, 0.5) is 5.69 Å². The number of aliphatic hydroxyl groups excluding tert-OH is 1. The minimum absolute atomic E-state index is 0.0912. The van der Waals surface area contributed by atoms with E-state index in [4.69, 9.17) is 9.84 Å². The van der Waals surface area contributed by atoms with E-state index in [1.54, 1.807) is 7.11 Å². The first-order chi connectivity index (χ1) is 8.33. The molecule has 17 heavy (non-hydrogen) atoms. The van der Waals surface area contributed by atoms with Gasteiger partial charge in [0, 0.05) is 12.8 Å². The van der Waals surface area contributed by atoms with E-state index in [1.807, 2.05) is 24.3 Å². The summed E-state index contributed by atoms with van der Waals surface area (Å²) in [6, 6.07) is 8.34. The second-order valence-corrected chi connectivity index (χ2v) is 4.67. The fourth-order valence-corrected chi connectivity index (χ4v) is 2.52. The van der Waals surface area contributed by atoms with Gasteiger partial charge in [0.15, 0.2) is 0 Å². The molecule has 1 saturated carbocycles. The lowest BCUT2D eigenvalue weighted by Gasteiger charge is -2.31. The van der Waals surface area contributed by atoms with E-state index in [0.717, 1.165) is 24.1 Å². The molecule has 94 valence electrons. The van der Waals surface area contributed by atoms with Crippen molar-refractivity contribution in [2.24, 2.45) is 0 Å². The average Bonchev–Trinajstić information content (AvgIpc) is 2.39. The maximum absolute atomic E-state index is 9.11. The van der Waals surface area contributed by atoms with Crippen molar-refractivity contribution < 1.29 is 9.84 Å². The lowest BCUT2D eigenvalue weighted by atomic mass is 9.92. The van der Waals surface area contributed by atoms with E-state index >= 15 is 0 Å². The van der Waals surface area contributed by atoms with E-state index < -0.39 is 0 Å². The third kappa shape index (κ3) is 3.20. The van der Waals surface area contributed by atoms with Crippen LogP contribution in [0.2, 0.25) is 0 Å². The van der Waals surface area contributed by atoms with Gasteiger partial charge in [0.25, 0.3) is 0 Å². The van der Waals surface area contributed by atoms with Crippen molar-refractivity contribution in [1.82, 2.24) is 0 Å². The van der Waals surface area contributed by atoms with Crippen molar-refractivity contribution in [3.05, 3.63) is 29.8 Å². The summed E-state index contributed by atoms with van der Waals surface area (Å²) >= 11 is 0. The molecular weight excluding hydrogens is 214 g/mol. The van der Waals surface area contributed by atoms with Gasteiger partial charge in [0.2, 0.25) is 0 Å². The normalized spacial score (nSPS) is 24.6. The molecule has 1 aromatic carbocycles. The summed E-state index contributed by atoms with van der Waals surface area (Å²) in [6.45, 7) is 0.0912. The number of anilines is 1. The van der Waals surface area contributed by atoms with Crippen LogP contribution >= 0.6 is 0 Å². The molecule has 0 heterocycles. The molecule has 3 heteroatoms. The van der Waals surface area contributed by atoms with Crippen molar-refractivity contribution in [2.75, 3.05) is 12.4 Å². The van der Waals surface area contributed by atoms with E-state index in [9.17, 15) is 0 Å². The van der Waals surface area contributed by atoms with Crippen LogP contribution in [0.3, 0.4) is 0 Å². The molecule has 1 fully saturated rings. The first-order valence-electron chi connectivity index (χ1n) is 6.32. The smallest absolute Gasteiger partial charge is 0.0772 e. The van der Waals surface area contributed by atoms with Crippen LogP contribution in [0.15, 0.2) is 24.3 Å². The molecule has 2 atom stereocenters. The molecule has 0 amide bonds.